The number of allylic oxidation sites excluding steroid dienone is 1. The third-order valence-corrected chi connectivity index (χ3v) is 0.623. The van der Waals surface area contributed by atoms with Crippen LogP contribution in [0.3, 0.4) is 0 Å². The normalized spacial score (nSPS) is 6.27. The van der Waals surface area contributed by atoms with Crippen LogP contribution >= 0.6 is 0 Å². The van der Waals surface area contributed by atoms with E-state index in [2.05, 4.69) is 18.5 Å². The number of nitrogens with zero attached hydrogens (tertiary/aromatic N) is 1. The van der Waals surface area contributed by atoms with Crippen molar-refractivity contribution in [2.75, 3.05) is 7.05 Å². The van der Waals surface area contributed by atoms with Crippen LogP contribution in [0, 0.1) is 11.3 Å². The monoisotopic (exact) mass is 152 g/mol. The van der Waals surface area contributed by atoms with Gasteiger partial charge >= 0.3 is 0 Å². The predicted octanol–water partition coefficient (Wildman–Crippen LogP) is 1.00. The van der Waals surface area contributed by atoms with E-state index in [1.807, 2.05) is 6.07 Å². The zero-order valence-corrected chi connectivity index (χ0v) is 6.85. The fourth-order valence-electron chi connectivity index (χ4n) is 0.102. The molecule has 11 heavy (non-hydrogen) atoms. The van der Waals surface area contributed by atoms with Gasteiger partial charge in [-0.25, -0.2) is 0 Å². The molecule has 3 nitrogen and oxygen atoms in total. The Morgan fingerprint density at radius 3 is 2.09 bits per heavy atom. The van der Waals surface area contributed by atoms with Crippen LogP contribution in [-0.4, -0.2) is 13.0 Å². The lowest BCUT2D eigenvalue weighted by atomic mass is 10.4. The fraction of sp³-hybridized carbons (Fsp3) is 0.250. The molecule has 0 saturated carbocycles. The maximum atomic E-state index is 9.95. The molecule has 1 amide bonds. The summed E-state index contributed by atoms with van der Waals surface area (Å²) >= 11 is 0. The highest BCUT2D eigenvalue weighted by Gasteiger charge is 1.78. The van der Waals surface area contributed by atoms with E-state index in [0.717, 1.165) is 0 Å². The molecule has 0 radical (unpaired) electrons. The van der Waals surface area contributed by atoms with Gasteiger partial charge in [0.05, 0.1) is 6.07 Å². The van der Waals surface area contributed by atoms with E-state index in [1.54, 1.807) is 14.0 Å². The quantitative estimate of drug-likeness (QED) is 0.450. The summed E-state index contributed by atoms with van der Waals surface area (Å²) in [5.74, 6) is -0.144. The van der Waals surface area contributed by atoms with E-state index in [-0.39, 0.29) is 5.91 Å². The van der Waals surface area contributed by atoms with Crippen molar-refractivity contribution in [1.82, 2.24) is 5.32 Å². The summed E-state index contributed by atoms with van der Waals surface area (Å²) in [6, 6.07) is 1.83. The zero-order valence-electron chi connectivity index (χ0n) is 6.85. The van der Waals surface area contributed by atoms with Gasteiger partial charge in [0.1, 0.15) is 0 Å². The highest BCUT2D eigenvalue weighted by atomic mass is 16.1. The number of carbonyl (C=O) groups is 1. The van der Waals surface area contributed by atoms with E-state index in [9.17, 15) is 4.79 Å². The van der Waals surface area contributed by atoms with Gasteiger partial charge in [0, 0.05) is 12.6 Å². The third kappa shape index (κ3) is 17.8. The molecule has 0 aromatic carbocycles. The summed E-state index contributed by atoms with van der Waals surface area (Å²) in [5, 5.41) is 10.2. The maximum Gasteiger partial charge on any atom is 0.243 e. The Bertz CT molecular complexity index is 189. The van der Waals surface area contributed by atoms with Crippen molar-refractivity contribution in [3.8, 4) is 6.07 Å². The summed E-state index contributed by atoms with van der Waals surface area (Å²) in [7, 11) is 1.56. The minimum Gasteiger partial charge on any atom is -0.356 e. The molecule has 0 atom stereocenters. The van der Waals surface area contributed by atoms with E-state index < -0.39 is 0 Å². The molecule has 0 aliphatic rings. The molecule has 3 heteroatoms. The fourth-order valence-corrected chi connectivity index (χ4v) is 0.102. The number of likely N-dealkylation sites (N-methyl/N-ethyl adjacent to an activating group) is 1. The highest BCUT2D eigenvalue weighted by Crippen LogP contribution is 1.74. The van der Waals surface area contributed by atoms with Crippen LogP contribution < -0.4 is 5.32 Å². The van der Waals surface area contributed by atoms with Gasteiger partial charge in [0.2, 0.25) is 5.91 Å². The van der Waals surface area contributed by atoms with Crippen molar-refractivity contribution in [2.45, 2.75) is 6.92 Å². The maximum absolute atomic E-state index is 9.95. The second-order valence-corrected chi connectivity index (χ2v) is 1.71. The first-order chi connectivity index (χ1) is 5.08. The van der Waals surface area contributed by atoms with Gasteiger partial charge in [0.25, 0.3) is 0 Å². The third-order valence-electron chi connectivity index (χ3n) is 0.623. The topological polar surface area (TPSA) is 52.9 Å². The number of rotatable bonds is 1. The summed E-state index contributed by atoms with van der Waals surface area (Å²) in [6.45, 7) is 8.20. The summed E-state index contributed by atoms with van der Waals surface area (Å²) in [4.78, 5) is 9.95. The molecule has 0 unspecified atom stereocenters. The van der Waals surface area contributed by atoms with Crippen molar-refractivity contribution in [3.05, 3.63) is 24.8 Å². The number of nitriles is 1. The van der Waals surface area contributed by atoms with Gasteiger partial charge in [-0.05, 0) is 13.0 Å². The summed E-state index contributed by atoms with van der Waals surface area (Å²) in [6.07, 6.45) is 1.22. The molecule has 0 heterocycles. The first kappa shape index (κ1) is 12.1. The molecule has 60 valence electrons. The van der Waals surface area contributed by atoms with Gasteiger partial charge in [-0.15, -0.1) is 0 Å². The Hall–Kier alpha value is -1.56. The van der Waals surface area contributed by atoms with Gasteiger partial charge in [-0.1, -0.05) is 13.2 Å². The SMILES string of the molecule is C=C(C)C#N.C=CC(=O)NC. The minimum atomic E-state index is -0.144. The first-order valence-electron chi connectivity index (χ1n) is 2.98. The Kier molecular flexibility index (Phi) is 9.32. The molecule has 0 fully saturated rings. The Morgan fingerprint density at radius 2 is 2.09 bits per heavy atom. The largest absolute Gasteiger partial charge is 0.356 e. The Morgan fingerprint density at radius 1 is 1.73 bits per heavy atom. The standard InChI is InChI=1S/C4H7NO.C4H5N/c1-3-4(6)5-2;1-4(2)3-5/h3H,1H2,2H3,(H,5,6);1H2,2H3. The van der Waals surface area contributed by atoms with Crippen LogP contribution in [0.2, 0.25) is 0 Å². The highest BCUT2D eigenvalue weighted by molar-refractivity contribution is 5.86. The number of nitrogens with one attached hydrogen (secondary N) is 1. The molecular formula is C8H12N2O. The lowest BCUT2D eigenvalue weighted by molar-refractivity contribution is -0.116. The van der Waals surface area contributed by atoms with Crippen molar-refractivity contribution in [3.63, 3.8) is 0 Å². The average molecular weight is 152 g/mol. The molecule has 0 bridgehead atoms. The number of hydrogen-bond acceptors (Lipinski definition) is 2. The second kappa shape index (κ2) is 8.44. The molecule has 0 aromatic heterocycles. The van der Waals surface area contributed by atoms with Crippen molar-refractivity contribution in [1.29, 1.82) is 5.26 Å². The zero-order chi connectivity index (χ0) is 9.28. The van der Waals surface area contributed by atoms with Crippen LogP contribution in [0.25, 0.3) is 0 Å². The predicted molar refractivity (Wildman–Crippen MR) is 44.7 cm³/mol. The molecule has 0 aliphatic heterocycles. The number of hydrogen-bond donors (Lipinski definition) is 1. The molecule has 0 saturated heterocycles. The minimum absolute atomic E-state index is 0.144. The number of carbonyl (C=O) groups excluding carboxylic acids is 1. The number of amides is 1. The van der Waals surface area contributed by atoms with Gasteiger partial charge < -0.3 is 5.32 Å². The molecule has 0 rings (SSSR count). The van der Waals surface area contributed by atoms with Crippen LogP contribution in [0.5, 0.6) is 0 Å². The molecule has 0 spiro atoms. The van der Waals surface area contributed by atoms with Crippen LogP contribution in [0.1, 0.15) is 6.92 Å². The van der Waals surface area contributed by atoms with E-state index in [1.165, 1.54) is 6.08 Å². The van der Waals surface area contributed by atoms with Gasteiger partial charge in [-0.2, -0.15) is 5.26 Å². The van der Waals surface area contributed by atoms with Crippen LogP contribution in [0.4, 0.5) is 0 Å². The van der Waals surface area contributed by atoms with Crippen molar-refractivity contribution in [2.24, 2.45) is 0 Å². The van der Waals surface area contributed by atoms with E-state index >= 15 is 0 Å². The van der Waals surface area contributed by atoms with Gasteiger partial charge in [-0.3, -0.25) is 4.79 Å². The van der Waals surface area contributed by atoms with Crippen molar-refractivity contribution >= 4 is 5.91 Å². The van der Waals surface area contributed by atoms with Gasteiger partial charge in [0.15, 0.2) is 0 Å². The van der Waals surface area contributed by atoms with Crippen LogP contribution in [0.15, 0.2) is 24.8 Å². The summed E-state index contributed by atoms with van der Waals surface area (Å²) in [5.41, 5.74) is 0.560. The van der Waals surface area contributed by atoms with Crippen molar-refractivity contribution < 1.29 is 4.79 Å². The summed E-state index contributed by atoms with van der Waals surface area (Å²) < 4.78 is 0. The molecule has 0 aliphatic carbocycles. The lowest BCUT2D eigenvalue weighted by Crippen LogP contribution is -2.13. The van der Waals surface area contributed by atoms with E-state index in [0.29, 0.717) is 5.57 Å². The Labute approximate surface area is 67.0 Å². The lowest BCUT2D eigenvalue weighted by Gasteiger charge is -1.82. The van der Waals surface area contributed by atoms with Crippen LogP contribution in [-0.2, 0) is 4.79 Å². The smallest absolute Gasteiger partial charge is 0.243 e. The second-order valence-electron chi connectivity index (χ2n) is 1.71. The Balaban J connectivity index is 0. The average Bonchev–Trinajstić information content (AvgIpc) is 2.04. The molecule has 0 aromatic rings. The first-order valence-corrected chi connectivity index (χ1v) is 2.98. The molecular weight excluding hydrogens is 140 g/mol. The molecule has 1 N–H and O–H groups in total. The van der Waals surface area contributed by atoms with E-state index in [4.69, 9.17) is 5.26 Å².